The third-order valence-corrected chi connectivity index (χ3v) is 3.72. The molecular formula is C9H16N6O5S. The summed E-state index contributed by atoms with van der Waals surface area (Å²) in [6.07, 6.45) is 1.24. The number of amides is 2. The Morgan fingerprint density at radius 1 is 1.33 bits per heavy atom. The molecule has 1 aromatic rings. The standard InChI is InChI=1S/C9H16N6O5S/c1-10-21(19,20)5-3-12-9(18)11-2-4-15-6-7(8(16)17)13-14-15/h6,10H,2-5H2,1H3,(H,16,17)(H2,11,12,18). The molecule has 4 N–H and O–H groups in total. The summed E-state index contributed by atoms with van der Waals surface area (Å²) in [5, 5.41) is 20.5. The summed E-state index contributed by atoms with van der Waals surface area (Å²) in [6, 6.07) is -0.528. The normalized spacial score (nSPS) is 11.1. The van der Waals surface area contributed by atoms with E-state index < -0.39 is 22.0 Å². The molecule has 0 fully saturated rings. The molecule has 0 bridgehead atoms. The van der Waals surface area contributed by atoms with Crippen LogP contribution in [0.5, 0.6) is 0 Å². The smallest absolute Gasteiger partial charge is 0.358 e. The minimum Gasteiger partial charge on any atom is -0.476 e. The van der Waals surface area contributed by atoms with Gasteiger partial charge in [0.25, 0.3) is 0 Å². The molecule has 0 spiro atoms. The fraction of sp³-hybridized carbons (Fsp3) is 0.556. The fourth-order valence-corrected chi connectivity index (χ4v) is 1.83. The zero-order valence-electron chi connectivity index (χ0n) is 11.2. The SMILES string of the molecule is CNS(=O)(=O)CCNC(=O)NCCn1cc(C(=O)O)nn1. The van der Waals surface area contributed by atoms with Crippen LogP contribution in [0.15, 0.2) is 6.20 Å². The summed E-state index contributed by atoms with van der Waals surface area (Å²) in [6.45, 7) is 0.400. The largest absolute Gasteiger partial charge is 0.476 e. The Balaban J connectivity index is 2.22. The predicted octanol–water partition coefficient (Wildman–Crippen LogP) is -2.18. The van der Waals surface area contributed by atoms with E-state index >= 15 is 0 Å². The maximum atomic E-state index is 11.3. The van der Waals surface area contributed by atoms with Gasteiger partial charge in [-0.25, -0.2) is 27.4 Å². The van der Waals surface area contributed by atoms with Gasteiger partial charge in [0, 0.05) is 13.1 Å². The fourth-order valence-electron chi connectivity index (χ4n) is 1.25. The van der Waals surface area contributed by atoms with Crippen LogP contribution >= 0.6 is 0 Å². The molecule has 1 heterocycles. The summed E-state index contributed by atoms with van der Waals surface area (Å²) >= 11 is 0. The number of carboxylic acids is 1. The summed E-state index contributed by atoms with van der Waals surface area (Å²) in [7, 11) is -2.06. The number of rotatable bonds is 8. The maximum absolute atomic E-state index is 11.3. The lowest BCUT2D eigenvalue weighted by Gasteiger charge is -2.07. The first-order valence-corrected chi connectivity index (χ1v) is 7.55. The number of sulfonamides is 1. The van der Waals surface area contributed by atoms with E-state index in [2.05, 4.69) is 25.7 Å². The molecule has 0 aliphatic rings. The number of nitrogens with zero attached hydrogens (tertiary/aromatic N) is 3. The molecule has 118 valence electrons. The second-order valence-corrected chi connectivity index (χ2v) is 5.92. The van der Waals surface area contributed by atoms with E-state index in [1.807, 2.05) is 0 Å². The topological polar surface area (TPSA) is 155 Å². The van der Waals surface area contributed by atoms with Crippen molar-refractivity contribution in [3.05, 3.63) is 11.9 Å². The number of carbonyl (C=O) groups excluding carboxylic acids is 1. The van der Waals surface area contributed by atoms with Gasteiger partial charge in [-0.1, -0.05) is 5.21 Å². The van der Waals surface area contributed by atoms with Crippen LogP contribution in [-0.2, 0) is 16.6 Å². The van der Waals surface area contributed by atoms with E-state index in [1.54, 1.807) is 0 Å². The van der Waals surface area contributed by atoms with Crippen molar-refractivity contribution >= 4 is 22.0 Å². The Morgan fingerprint density at radius 3 is 2.57 bits per heavy atom. The third-order valence-electron chi connectivity index (χ3n) is 2.35. The van der Waals surface area contributed by atoms with E-state index in [4.69, 9.17) is 5.11 Å². The molecule has 0 atom stereocenters. The zero-order chi connectivity index (χ0) is 15.9. The Bertz CT molecular complexity index is 598. The number of urea groups is 1. The van der Waals surface area contributed by atoms with E-state index in [9.17, 15) is 18.0 Å². The lowest BCUT2D eigenvalue weighted by molar-refractivity contribution is 0.0690. The Labute approximate surface area is 120 Å². The van der Waals surface area contributed by atoms with Crippen molar-refractivity contribution < 1.29 is 23.1 Å². The number of carboxylic acid groups (broad SMARTS) is 1. The predicted molar refractivity (Wildman–Crippen MR) is 71.2 cm³/mol. The first-order chi connectivity index (χ1) is 9.84. The van der Waals surface area contributed by atoms with Crippen LogP contribution in [0.25, 0.3) is 0 Å². The molecule has 11 nitrogen and oxygen atoms in total. The van der Waals surface area contributed by atoms with Crippen LogP contribution in [0.2, 0.25) is 0 Å². The molecule has 0 aliphatic carbocycles. The number of aromatic carboxylic acids is 1. The molecule has 0 aromatic carbocycles. The number of hydrogen-bond acceptors (Lipinski definition) is 6. The van der Waals surface area contributed by atoms with Gasteiger partial charge in [-0.15, -0.1) is 5.10 Å². The van der Waals surface area contributed by atoms with E-state index in [0.29, 0.717) is 0 Å². The van der Waals surface area contributed by atoms with E-state index in [-0.39, 0.29) is 31.1 Å². The van der Waals surface area contributed by atoms with Gasteiger partial charge in [-0.05, 0) is 7.05 Å². The number of hydrogen-bond donors (Lipinski definition) is 4. The van der Waals surface area contributed by atoms with E-state index in [1.165, 1.54) is 17.9 Å². The highest BCUT2D eigenvalue weighted by Crippen LogP contribution is 1.91. The minimum absolute atomic E-state index is 0.0263. The zero-order valence-corrected chi connectivity index (χ0v) is 12.1. The third kappa shape index (κ3) is 6.18. The first-order valence-electron chi connectivity index (χ1n) is 5.90. The van der Waals surface area contributed by atoms with Crippen LogP contribution in [0, 0.1) is 0 Å². The molecule has 21 heavy (non-hydrogen) atoms. The maximum Gasteiger partial charge on any atom is 0.358 e. The Kier molecular flexibility index (Phi) is 6.05. The number of nitrogens with one attached hydrogen (secondary N) is 3. The molecule has 1 rings (SSSR count). The lowest BCUT2D eigenvalue weighted by Crippen LogP contribution is -2.40. The van der Waals surface area contributed by atoms with Crippen LogP contribution in [0.3, 0.4) is 0 Å². The summed E-state index contributed by atoms with van der Waals surface area (Å²) < 4.78 is 25.6. The van der Waals surface area contributed by atoms with Crippen molar-refractivity contribution in [3.8, 4) is 0 Å². The molecule has 2 amide bonds. The van der Waals surface area contributed by atoms with Crippen molar-refractivity contribution in [2.24, 2.45) is 0 Å². The number of carbonyl (C=O) groups is 2. The summed E-state index contributed by atoms with van der Waals surface area (Å²) in [4.78, 5) is 21.9. The summed E-state index contributed by atoms with van der Waals surface area (Å²) in [5.41, 5.74) is -0.184. The molecule has 0 saturated heterocycles. The highest BCUT2D eigenvalue weighted by Gasteiger charge is 2.09. The molecular weight excluding hydrogens is 304 g/mol. The van der Waals surface area contributed by atoms with Gasteiger partial charge >= 0.3 is 12.0 Å². The van der Waals surface area contributed by atoms with Crippen molar-refractivity contribution in [1.29, 1.82) is 0 Å². The quantitative estimate of drug-likeness (QED) is 0.424. The van der Waals surface area contributed by atoms with Gasteiger partial charge < -0.3 is 15.7 Å². The highest BCUT2D eigenvalue weighted by atomic mass is 32.2. The monoisotopic (exact) mass is 320 g/mol. The lowest BCUT2D eigenvalue weighted by atomic mass is 10.5. The van der Waals surface area contributed by atoms with Gasteiger partial charge in [0.1, 0.15) is 0 Å². The van der Waals surface area contributed by atoms with Crippen molar-refractivity contribution in [2.45, 2.75) is 6.54 Å². The summed E-state index contributed by atoms with van der Waals surface area (Å²) in [5.74, 6) is -1.40. The van der Waals surface area contributed by atoms with Gasteiger partial charge in [0.05, 0.1) is 18.5 Å². The van der Waals surface area contributed by atoms with Gasteiger partial charge in [-0.3, -0.25) is 0 Å². The van der Waals surface area contributed by atoms with Gasteiger partial charge in [0.2, 0.25) is 10.0 Å². The molecule has 12 heteroatoms. The second kappa shape index (κ2) is 7.54. The Hall–Kier alpha value is -2.21. The number of aromatic nitrogens is 3. The van der Waals surface area contributed by atoms with Crippen molar-refractivity contribution in [1.82, 2.24) is 30.3 Å². The van der Waals surface area contributed by atoms with Gasteiger partial charge in [0.15, 0.2) is 5.69 Å². The van der Waals surface area contributed by atoms with Crippen molar-refractivity contribution in [3.63, 3.8) is 0 Å². The average Bonchev–Trinajstić information content (AvgIpc) is 2.87. The van der Waals surface area contributed by atoms with Crippen LogP contribution in [0.4, 0.5) is 4.79 Å². The Morgan fingerprint density at radius 2 is 2.00 bits per heavy atom. The highest BCUT2D eigenvalue weighted by molar-refractivity contribution is 7.89. The van der Waals surface area contributed by atoms with Crippen molar-refractivity contribution in [2.75, 3.05) is 25.9 Å². The van der Waals surface area contributed by atoms with E-state index in [0.717, 1.165) is 0 Å². The van der Waals surface area contributed by atoms with Crippen LogP contribution in [0.1, 0.15) is 10.5 Å². The molecule has 0 aliphatic heterocycles. The molecule has 0 saturated carbocycles. The van der Waals surface area contributed by atoms with Crippen LogP contribution < -0.4 is 15.4 Å². The minimum atomic E-state index is -3.35. The molecule has 1 aromatic heterocycles. The van der Waals surface area contributed by atoms with Crippen LogP contribution in [-0.4, -0.2) is 66.4 Å². The molecule has 0 radical (unpaired) electrons. The molecule has 0 unspecified atom stereocenters. The van der Waals surface area contributed by atoms with Gasteiger partial charge in [-0.2, -0.15) is 0 Å². The average molecular weight is 320 g/mol. The second-order valence-electron chi connectivity index (χ2n) is 3.88. The first kappa shape index (κ1) is 16.8.